The molecule has 1 heterocycles. The van der Waals surface area contributed by atoms with E-state index in [1.807, 2.05) is 18.2 Å². The van der Waals surface area contributed by atoms with Gasteiger partial charge in [0.2, 0.25) is 5.91 Å². The lowest BCUT2D eigenvalue weighted by molar-refractivity contribution is -0.137. The van der Waals surface area contributed by atoms with E-state index in [0.717, 1.165) is 30.4 Å². The molecule has 0 spiro atoms. The van der Waals surface area contributed by atoms with Gasteiger partial charge in [-0.3, -0.25) is 19.3 Å². The zero-order valence-corrected chi connectivity index (χ0v) is 12.1. The van der Waals surface area contributed by atoms with Gasteiger partial charge in [0.25, 0.3) is 5.91 Å². The molecule has 112 valence electrons. The monoisotopic (exact) mass is 289 g/mol. The molecule has 0 atom stereocenters. The van der Waals surface area contributed by atoms with Gasteiger partial charge in [0.05, 0.1) is 6.42 Å². The predicted octanol–water partition coefficient (Wildman–Crippen LogP) is 2.03. The third kappa shape index (κ3) is 3.68. The molecule has 1 N–H and O–H groups in total. The molecule has 1 aromatic rings. The van der Waals surface area contributed by atoms with Crippen LogP contribution in [0.4, 0.5) is 0 Å². The number of carbonyl (C=O) groups excluding carboxylic acids is 2. The van der Waals surface area contributed by atoms with Crippen LogP contribution in [0.15, 0.2) is 18.2 Å². The topological polar surface area (TPSA) is 74.7 Å². The Morgan fingerprint density at radius 1 is 1.24 bits per heavy atom. The second-order valence-corrected chi connectivity index (χ2v) is 5.38. The van der Waals surface area contributed by atoms with Crippen molar-refractivity contribution in [3.63, 3.8) is 0 Å². The van der Waals surface area contributed by atoms with Gasteiger partial charge in [0, 0.05) is 19.0 Å². The first-order valence-electron chi connectivity index (χ1n) is 7.13. The number of fused-ring (bicyclic) bond motifs is 1. The van der Waals surface area contributed by atoms with E-state index in [0.29, 0.717) is 12.0 Å². The molecule has 0 fully saturated rings. The summed E-state index contributed by atoms with van der Waals surface area (Å²) in [6.45, 7) is 0. The molecule has 0 aromatic heterocycles. The quantitative estimate of drug-likeness (QED) is 0.642. The highest BCUT2D eigenvalue weighted by Crippen LogP contribution is 2.21. The Bertz CT molecular complexity index is 580. The van der Waals surface area contributed by atoms with E-state index < -0.39 is 5.97 Å². The number of amides is 2. The normalized spacial score (nSPS) is 14.2. The molecular formula is C16H19NO4. The van der Waals surface area contributed by atoms with Crippen LogP contribution in [0, 0.1) is 0 Å². The van der Waals surface area contributed by atoms with E-state index in [9.17, 15) is 14.4 Å². The number of carboxylic acid groups (broad SMARTS) is 1. The molecule has 0 saturated heterocycles. The Kier molecular flexibility index (Phi) is 4.73. The summed E-state index contributed by atoms with van der Waals surface area (Å²) in [6.07, 6.45) is 3.73. The van der Waals surface area contributed by atoms with Crippen molar-refractivity contribution >= 4 is 17.8 Å². The molecule has 1 aliphatic heterocycles. The molecule has 0 aliphatic carbocycles. The summed E-state index contributed by atoms with van der Waals surface area (Å²) in [5, 5.41) is 8.57. The summed E-state index contributed by atoms with van der Waals surface area (Å²) >= 11 is 0. The van der Waals surface area contributed by atoms with Gasteiger partial charge in [0.1, 0.15) is 0 Å². The Balaban J connectivity index is 1.96. The third-order valence-electron chi connectivity index (χ3n) is 3.78. The van der Waals surface area contributed by atoms with Gasteiger partial charge in [0.15, 0.2) is 0 Å². The van der Waals surface area contributed by atoms with Crippen LogP contribution in [0.2, 0.25) is 0 Å². The number of imide groups is 1. The summed E-state index contributed by atoms with van der Waals surface area (Å²) in [6, 6.07) is 5.66. The Morgan fingerprint density at radius 3 is 2.71 bits per heavy atom. The van der Waals surface area contributed by atoms with Gasteiger partial charge < -0.3 is 5.11 Å². The van der Waals surface area contributed by atoms with Gasteiger partial charge >= 0.3 is 5.97 Å². The zero-order valence-electron chi connectivity index (χ0n) is 12.1. The fourth-order valence-electron chi connectivity index (χ4n) is 2.49. The summed E-state index contributed by atoms with van der Waals surface area (Å²) in [4.78, 5) is 35.3. The Morgan fingerprint density at radius 2 is 2.00 bits per heavy atom. The molecular weight excluding hydrogens is 270 g/mol. The number of likely N-dealkylation sites (N-methyl/N-ethyl adjacent to an activating group) is 1. The molecule has 21 heavy (non-hydrogen) atoms. The van der Waals surface area contributed by atoms with Crippen LogP contribution in [-0.4, -0.2) is 34.8 Å². The summed E-state index contributed by atoms with van der Waals surface area (Å²) in [7, 11) is 1.51. The number of rotatable bonds is 6. The fourth-order valence-corrected chi connectivity index (χ4v) is 2.49. The second kappa shape index (κ2) is 6.52. The van der Waals surface area contributed by atoms with Crippen molar-refractivity contribution in [2.75, 3.05) is 7.05 Å². The fraction of sp³-hybridized carbons (Fsp3) is 0.438. The van der Waals surface area contributed by atoms with Crippen molar-refractivity contribution in [3.8, 4) is 0 Å². The van der Waals surface area contributed by atoms with Crippen LogP contribution in [0.25, 0.3) is 0 Å². The number of carboxylic acids is 1. The van der Waals surface area contributed by atoms with E-state index in [2.05, 4.69) is 0 Å². The van der Waals surface area contributed by atoms with Gasteiger partial charge in [-0.15, -0.1) is 0 Å². The summed E-state index contributed by atoms with van der Waals surface area (Å²) in [5.74, 6) is -1.18. The van der Waals surface area contributed by atoms with E-state index >= 15 is 0 Å². The third-order valence-corrected chi connectivity index (χ3v) is 3.78. The number of benzene rings is 1. The number of aryl methyl sites for hydroxylation is 1. The van der Waals surface area contributed by atoms with Crippen molar-refractivity contribution < 1.29 is 19.5 Å². The molecule has 5 nitrogen and oxygen atoms in total. The zero-order chi connectivity index (χ0) is 15.4. The molecule has 1 aromatic carbocycles. The standard InChI is InChI=1S/C16H19NO4/c1-17-14(18)10-12-8-7-11(9-13(12)16(17)21)5-3-2-4-6-15(19)20/h7-9H,2-6,10H2,1H3,(H,19,20). The highest BCUT2D eigenvalue weighted by molar-refractivity contribution is 6.09. The maximum atomic E-state index is 12.1. The van der Waals surface area contributed by atoms with Gasteiger partial charge in [-0.2, -0.15) is 0 Å². The molecule has 2 rings (SSSR count). The molecule has 0 saturated carbocycles. The van der Waals surface area contributed by atoms with Crippen molar-refractivity contribution in [3.05, 3.63) is 34.9 Å². The van der Waals surface area contributed by atoms with Crippen molar-refractivity contribution in [1.82, 2.24) is 4.90 Å². The van der Waals surface area contributed by atoms with Crippen molar-refractivity contribution in [1.29, 1.82) is 0 Å². The number of aliphatic carboxylic acids is 1. The Labute approximate surface area is 123 Å². The minimum Gasteiger partial charge on any atom is -0.481 e. The lowest BCUT2D eigenvalue weighted by Gasteiger charge is -2.23. The number of unbranched alkanes of at least 4 members (excludes halogenated alkanes) is 2. The largest absolute Gasteiger partial charge is 0.481 e. The van der Waals surface area contributed by atoms with Crippen LogP contribution < -0.4 is 0 Å². The molecule has 0 radical (unpaired) electrons. The molecule has 0 bridgehead atoms. The highest BCUT2D eigenvalue weighted by Gasteiger charge is 2.27. The van der Waals surface area contributed by atoms with Gasteiger partial charge in [-0.05, 0) is 36.5 Å². The first-order valence-corrected chi connectivity index (χ1v) is 7.13. The predicted molar refractivity (Wildman–Crippen MR) is 77.1 cm³/mol. The molecule has 2 amide bonds. The first kappa shape index (κ1) is 15.2. The minimum atomic E-state index is -0.762. The SMILES string of the molecule is CN1C(=O)Cc2ccc(CCCCCC(=O)O)cc2C1=O. The van der Waals surface area contributed by atoms with E-state index in [1.54, 1.807) is 0 Å². The second-order valence-electron chi connectivity index (χ2n) is 5.38. The van der Waals surface area contributed by atoms with Gasteiger partial charge in [-0.1, -0.05) is 18.6 Å². The molecule has 0 unspecified atom stereocenters. The summed E-state index contributed by atoms with van der Waals surface area (Å²) in [5.41, 5.74) is 2.46. The Hall–Kier alpha value is -2.17. The van der Waals surface area contributed by atoms with Crippen molar-refractivity contribution in [2.24, 2.45) is 0 Å². The number of carbonyl (C=O) groups is 3. The maximum Gasteiger partial charge on any atom is 0.303 e. The van der Waals surface area contributed by atoms with E-state index in [4.69, 9.17) is 5.11 Å². The maximum absolute atomic E-state index is 12.1. The van der Waals surface area contributed by atoms with Crippen LogP contribution in [-0.2, 0) is 22.4 Å². The van der Waals surface area contributed by atoms with Crippen LogP contribution in [0.5, 0.6) is 0 Å². The van der Waals surface area contributed by atoms with Crippen LogP contribution >= 0.6 is 0 Å². The van der Waals surface area contributed by atoms with Crippen molar-refractivity contribution in [2.45, 2.75) is 38.5 Å². The minimum absolute atomic E-state index is 0.172. The highest BCUT2D eigenvalue weighted by atomic mass is 16.4. The summed E-state index contributed by atoms with van der Waals surface area (Å²) < 4.78 is 0. The average molecular weight is 289 g/mol. The lowest BCUT2D eigenvalue weighted by Crippen LogP contribution is -2.39. The molecule has 5 heteroatoms. The van der Waals surface area contributed by atoms with Gasteiger partial charge in [-0.25, -0.2) is 0 Å². The number of hydrogen-bond acceptors (Lipinski definition) is 3. The average Bonchev–Trinajstić information content (AvgIpc) is 2.45. The van der Waals surface area contributed by atoms with Crippen LogP contribution in [0.1, 0.15) is 47.2 Å². The molecule has 1 aliphatic rings. The smallest absolute Gasteiger partial charge is 0.303 e. The number of hydrogen-bond donors (Lipinski definition) is 1. The first-order chi connectivity index (χ1) is 9.99. The number of nitrogens with zero attached hydrogens (tertiary/aromatic N) is 1. The van der Waals surface area contributed by atoms with Crippen LogP contribution in [0.3, 0.4) is 0 Å². The van der Waals surface area contributed by atoms with E-state index in [-0.39, 0.29) is 24.7 Å². The van der Waals surface area contributed by atoms with E-state index in [1.165, 1.54) is 11.9 Å². The lowest BCUT2D eigenvalue weighted by atomic mass is 9.94.